The van der Waals surface area contributed by atoms with Crippen molar-refractivity contribution >= 4 is 11.8 Å². The number of hydrogen-bond donors (Lipinski definition) is 1. The normalized spacial score (nSPS) is 20.5. The van der Waals surface area contributed by atoms with Gasteiger partial charge in [-0.2, -0.15) is 11.8 Å². The van der Waals surface area contributed by atoms with Gasteiger partial charge >= 0.3 is 0 Å². The van der Waals surface area contributed by atoms with E-state index in [4.69, 9.17) is 4.74 Å². The average Bonchev–Trinajstić information content (AvgIpc) is 2.93. The molecule has 2 rings (SSSR count). The van der Waals surface area contributed by atoms with Crippen molar-refractivity contribution in [3.63, 3.8) is 0 Å². The fraction of sp³-hybridized carbons (Fsp3) is 0.625. The Labute approximate surface area is 121 Å². The zero-order valence-corrected chi connectivity index (χ0v) is 13.3. The fourth-order valence-corrected chi connectivity index (χ4v) is 4.26. The summed E-state index contributed by atoms with van der Waals surface area (Å²) < 4.78 is 5.69. The Hall–Kier alpha value is -0.670. The molecule has 1 fully saturated rings. The third-order valence-electron chi connectivity index (χ3n) is 4.01. The predicted molar refractivity (Wildman–Crippen MR) is 84.4 cm³/mol. The summed E-state index contributed by atoms with van der Waals surface area (Å²) in [6.45, 7) is 7.48. The van der Waals surface area contributed by atoms with E-state index < -0.39 is 0 Å². The Bertz CT molecular complexity index is 427. The first kappa shape index (κ1) is 14.7. The van der Waals surface area contributed by atoms with E-state index in [1.807, 2.05) is 0 Å². The van der Waals surface area contributed by atoms with Gasteiger partial charge in [-0.15, -0.1) is 0 Å². The molecule has 1 saturated heterocycles. The van der Waals surface area contributed by atoms with Crippen LogP contribution in [0.2, 0.25) is 0 Å². The van der Waals surface area contributed by atoms with Crippen LogP contribution in [0.5, 0.6) is 5.75 Å². The van der Waals surface area contributed by atoms with Crippen LogP contribution >= 0.6 is 11.8 Å². The van der Waals surface area contributed by atoms with E-state index in [1.54, 1.807) is 7.11 Å². The van der Waals surface area contributed by atoms with E-state index in [1.165, 1.54) is 35.3 Å². The summed E-state index contributed by atoms with van der Waals surface area (Å²) in [5.41, 5.74) is 3.90. The van der Waals surface area contributed by atoms with Gasteiger partial charge in [0.2, 0.25) is 0 Å². The van der Waals surface area contributed by atoms with Crippen LogP contribution in [0.3, 0.4) is 0 Å². The van der Waals surface area contributed by atoms with Crippen LogP contribution in [0.15, 0.2) is 12.1 Å². The summed E-state index contributed by atoms with van der Waals surface area (Å²) in [4.78, 5) is 0. The SMILES string of the molecule is CCNC(c1ccc(C)c(C)c1OC)C1CCCS1. The molecule has 0 saturated carbocycles. The summed E-state index contributed by atoms with van der Waals surface area (Å²) >= 11 is 2.10. The third-order valence-corrected chi connectivity index (χ3v) is 5.47. The molecule has 3 heteroatoms. The van der Waals surface area contributed by atoms with Gasteiger partial charge in [-0.05, 0) is 50.1 Å². The van der Waals surface area contributed by atoms with Gasteiger partial charge in [0.05, 0.1) is 7.11 Å². The summed E-state index contributed by atoms with van der Waals surface area (Å²) in [6.07, 6.45) is 2.64. The van der Waals surface area contributed by atoms with E-state index >= 15 is 0 Å². The van der Waals surface area contributed by atoms with E-state index in [-0.39, 0.29) is 0 Å². The molecule has 1 aromatic carbocycles. The van der Waals surface area contributed by atoms with Gasteiger partial charge in [0.15, 0.2) is 0 Å². The molecule has 1 heterocycles. The maximum Gasteiger partial charge on any atom is 0.126 e. The second kappa shape index (κ2) is 6.67. The molecule has 2 nitrogen and oxygen atoms in total. The second-order valence-electron chi connectivity index (χ2n) is 5.22. The lowest BCUT2D eigenvalue weighted by molar-refractivity contribution is 0.393. The van der Waals surface area contributed by atoms with Crippen LogP contribution in [0.25, 0.3) is 0 Å². The van der Waals surface area contributed by atoms with Gasteiger partial charge < -0.3 is 10.1 Å². The average molecular weight is 279 g/mol. The smallest absolute Gasteiger partial charge is 0.126 e. The van der Waals surface area contributed by atoms with Crippen LogP contribution in [-0.2, 0) is 0 Å². The molecule has 19 heavy (non-hydrogen) atoms. The van der Waals surface area contributed by atoms with Crippen molar-refractivity contribution in [2.24, 2.45) is 0 Å². The van der Waals surface area contributed by atoms with Crippen LogP contribution < -0.4 is 10.1 Å². The molecule has 1 aliphatic rings. The number of methoxy groups -OCH3 is 1. The molecule has 0 aromatic heterocycles. The van der Waals surface area contributed by atoms with Crippen molar-refractivity contribution in [1.82, 2.24) is 5.32 Å². The highest BCUT2D eigenvalue weighted by atomic mass is 32.2. The lowest BCUT2D eigenvalue weighted by atomic mass is 9.95. The van der Waals surface area contributed by atoms with Gasteiger partial charge in [0.1, 0.15) is 5.75 Å². The van der Waals surface area contributed by atoms with E-state index in [9.17, 15) is 0 Å². The van der Waals surface area contributed by atoms with Gasteiger partial charge in [0, 0.05) is 16.9 Å². The maximum absolute atomic E-state index is 5.69. The number of nitrogens with one attached hydrogen (secondary N) is 1. The number of aryl methyl sites for hydroxylation is 1. The molecule has 1 aromatic rings. The maximum atomic E-state index is 5.69. The molecule has 106 valence electrons. The molecule has 0 bridgehead atoms. The van der Waals surface area contributed by atoms with E-state index in [0.717, 1.165) is 12.3 Å². The largest absolute Gasteiger partial charge is 0.496 e. The first-order valence-electron chi connectivity index (χ1n) is 7.18. The minimum Gasteiger partial charge on any atom is -0.496 e. The van der Waals surface area contributed by atoms with Crippen LogP contribution in [0, 0.1) is 13.8 Å². The standard InChI is InChI=1S/C16H25NOS/c1-5-17-15(14-7-6-10-19-14)13-9-8-11(2)12(3)16(13)18-4/h8-9,14-15,17H,5-7,10H2,1-4H3. The van der Waals surface area contributed by atoms with Crippen molar-refractivity contribution in [3.8, 4) is 5.75 Å². The summed E-state index contributed by atoms with van der Waals surface area (Å²) in [6, 6.07) is 4.87. The fourth-order valence-electron chi connectivity index (χ4n) is 2.85. The van der Waals surface area contributed by atoms with Crippen molar-refractivity contribution < 1.29 is 4.74 Å². The molecule has 0 aliphatic carbocycles. The lowest BCUT2D eigenvalue weighted by Crippen LogP contribution is -2.29. The Balaban J connectivity index is 2.37. The summed E-state index contributed by atoms with van der Waals surface area (Å²) in [5, 5.41) is 4.34. The van der Waals surface area contributed by atoms with Crippen molar-refractivity contribution in [2.75, 3.05) is 19.4 Å². The monoisotopic (exact) mass is 279 g/mol. The number of ether oxygens (including phenoxy) is 1. The summed E-state index contributed by atoms with van der Waals surface area (Å²) in [5.74, 6) is 2.36. The minimum absolute atomic E-state index is 0.409. The van der Waals surface area contributed by atoms with Gasteiger partial charge in [-0.3, -0.25) is 0 Å². The molecule has 0 spiro atoms. The number of rotatable bonds is 5. The Morgan fingerprint density at radius 2 is 2.21 bits per heavy atom. The Kier molecular flexibility index (Phi) is 5.17. The predicted octanol–water partition coefficient (Wildman–Crippen LogP) is 3.86. The zero-order chi connectivity index (χ0) is 13.8. The highest BCUT2D eigenvalue weighted by Crippen LogP contribution is 2.40. The van der Waals surface area contributed by atoms with Gasteiger partial charge in [0.25, 0.3) is 0 Å². The molecule has 0 radical (unpaired) electrons. The highest BCUT2D eigenvalue weighted by molar-refractivity contribution is 8.00. The first-order valence-corrected chi connectivity index (χ1v) is 8.23. The quantitative estimate of drug-likeness (QED) is 0.884. The Morgan fingerprint density at radius 3 is 2.79 bits per heavy atom. The van der Waals surface area contributed by atoms with E-state index in [2.05, 4.69) is 50.0 Å². The molecular formula is C16H25NOS. The van der Waals surface area contributed by atoms with Crippen molar-refractivity contribution in [1.29, 1.82) is 0 Å². The van der Waals surface area contributed by atoms with Crippen molar-refractivity contribution in [3.05, 3.63) is 28.8 Å². The van der Waals surface area contributed by atoms with Crippen molar-refractivity contribution in [2.45, 2.75) is 44.9 Å². The zero-order valence-electron chi connectivity index (χ0n) is 12.5. The Morgan fingerprint density at radius 1 is 1.42 bits per heavy atom. The van der Waals surface area contributed by atoms with Crippen LogP contribution in [0.4, 0.5) is 0 Å². The summed E-state index contributed by atoms with van der Waals surface area (Å²) in [7, 11) is 1.79. The molecular weight excluding hydrogens is 254 g/mol. The topological polar surface area (TPSA) is 21.3 Å². The number of benzene rings is 1. The number of hydrogen-bond acceptors (Lipinski definition) is 3. The van der Waals surface area contributed by atoms with Crippen LogP contribution in [-0.4, -0.2) is 24.7 Å². The molecule has 1 aliphatic heterocycles. The molecule has 1 N–H and O–H groups in total. The number of thioether (sulfide) groups is 1. The minimum atomic E-state index is 0.409. The second-order valence-corrected chi connectivity index (χ2v) is 6.56. The highest BCUT2D eigenvalue weighted by Gasteiger charge is 2.29. The molecule has 2 atom stereocenters. The first-order chi connectivity index (χ1) is 9.19. The van der Waals surface area contributed by atoms with Crippen LogP contribution in [0.1, 0.15) is 42.5 Å². The van der Waals surface area contributed by atoms with Gasteiger partial charge in [-0.1, -0.05) is 19.1 Å². The molecule has 0 amide bonds. The van der Waals surface area contributed by atoms with Gasteiger partial charge in [-0.25, -0.2) is 0 Å². The lowest BCUT2D eigenvalue weighted by Gasteiger charge is -2.27. The third kappa shape index (κ3) is 3.09. The molecule has 2 unspecified atom stereocenters. The van der Waals surface area contributed by atoms with E-state index in [0.29, 0.717) is 11.3 Å².